The third-order valence-corrected chi connectivity index (χ3v) is 6.17. The van der Waals surface area contributed by atoms with E-state index in [-0.39, 0.29) is 10.7 Å². The van der Waals surface area contributed by atoms with Gasteiger partial charge in [0.1, 0.15) is 28.3 Å². The summed E-state index contributed by atoms with van der Waals surface area (Å²) in [5.74, 6) is -0.995. The summed E-state index contributed by atoms with van der Waals surface area (Å²) in [7, 11) is 0. The van der Waals surface area contributed by atoms with Gasteiger partial charge < -0.3 is 10.4 Å². The summed E-state index contributed by atoms with van der Waals surface area (Å²) in [4.78, 5) is 28.7. The van der Waals surface area contributed by atoms with Gasteiger partial charge in [-0.1, -0.05) is 11.6 Å². The number of carbonyl (C=O) groups excluding carboxylic acids is 1. The van der Waals surface area contributed by atoms with Gasteiger partial charge in [0.05, 0.1) is 40.4 Å². The second-order valence-corrected chi connectivity index (χ2v) is 8.64. The topological polar surface area (TPSA) is 142 Å². The molecule has 0 aromatic carbocycles. The maximum Gasteiger partial charge on any atom is 0.418 e. The van der Waals surface area contributed by atoms with E-state index in [1.165, 1.54) is 12.5 Å². The Morgan fingerprint density at radius 2 is 1.97 bits per heavy atom. The molecule has 0 saturated carbocycles. The summed E-state index contributed by atoms with van der Waals surface area (Å²) in [5.41, 5.74) is 0.491. The molecule has 0 aliphatic heterocycles. The highest BCUT2D eigenvalue weighted by Gasteiger charge is 2.34. The van der Waals surface area contributed by atoms with Crippen LogP contribution in [0.2, 0.25) is 5.02 Å². The van der Waals surface area contributed by atoms with Crippen LogP contribution in [0, 0.1) is 0 Å². The monoisotopic (exact) mass is 524 g/mol. The molecule has 15 heteroatoms. The summed E-state index contributed by atoms with van der Waals surface area (Å²) >= 11 is 6.55. The summed E-state index contributed by atoms with van der Waals surface area (Å²) in [5, 5.41) is 22.2. The summed E-state index contributed by atoms with van der Waals surface area (Å²) in [6.45, 7) is 1.72. The lowest BCUT2D eigenvalue weighted by Crippen LogP contribution is -2.25. The van der Waals surface area contributed by atoms with E-state index in [1.807, 2.05) is 0 Å². The summed E-state index contributed by atoms with van der Waals surface area (Å²) in [6.07, 6.45) is 0.786. The average Bonchev–Trinajstić information content (AvgIpc) is 3.52. The van der Waals surface area contributed by atoms with Gasteiger partial charge in [-0.3, -0.25) is 15.2 Å². The van der Waals surface area contributed by atoms with E-state index >= 15 is 0 Å². The van der Waals surface area contributed by atoms with Crippen LogP contribution in [0.1, 0.15) is 45.1 Å². The van der Waals surface area contributed by atoms with Crippen molar-refractivity contribution in [2.45, 2.75) is 25.4 Å². The predicted molar refractivity (Wildman–Crippen MR) is 120 cm³/mol. The minimum Gasteiger partial charge on any atom is -0.373 e. The van der Waals surface area contributed by atoms with Crippen molar-refractivity contribution in [1.29, 1.82) is 0 Å². The van der Waals surface area contributed by atoms with Crippen LogP contribution < -0.4 is 10.6 Å². The van der Waals surface area contributed by atoms with E-state index < -0.39 is 34.9 Å². The minimum atomic E-state index is -4.69. The number of nitrogens with zero attached hydrogens (tertiary/aromatic N) is 5. The Hall–Kier alpha value is -3.46. The molecule has 2 unspecified atom stereocenters. The van der Waals surface area contributed by atoms with Crippen LogP contribution in [0.25, 0.3) is 11.3 Å². The molecule has 1 amide bonds. The zero-order valence-corrected chi connectivity index (χ0v) is 19.3. The van der Waals surface area contributed by atoms with E-state index in [4.69, 9.17) is 11.6 Å². The Labute approximate surface area is 204 Å². The molecule has 0 aliphatic carbocycles. The SMILES string of the molecule is CC(NC(O)c1cc(-c2cn[nH]c2)ncn1)c1ncc(C(=O)Nc2cc(C(F)(F)F)c(Cl)cn2)s1. The van der Waals surface area contributed by atoms with Gasteiger partial charge in [0.2, 0.25) is 0 Å². The second kappa shape index (κ2) is 10.0. The molecular formula is C20H16ClF3N8O2S. The third-order valence-electron chi connectivity index (χ3n) is 4.69. The maximum atomic E-state index is 13.0. The Morgan fingerprint density at radius 1 is 1.17 bits per heavy atom. The zero-order valence-electron chi connectivity index (χ0n) is 17.7. The van der Waals surface area contributed by atoms with Gasteiger partial charge in [0.25, 0.3) is 5.91 Å². The van der Waals surface area contributed by atoms with Gasteiger partial charge in [0.15, 0.2) is 0 Å². The third kappa shape index (κ3) is 5.79. The van der Waals surface area contributed by atoms with Gasteiger partial charge in [-0.05, 0) is 19.1 Å². The highest BCUT2D eigenvalue weighted by molar-refractivity contribution is 7.13. The van der Waals surface area contributed by atoms with Crippen molar-refractivity contribution >= 4 is 34.7 Å². The first-order valence-electron chi connectivity index (χ1n) is 9.87. The molecule has 0 radical (unpaired) electrons. The van der Waals surface area contributed by atoms with Gasteiger partial charge in [-0.25, -0.2) is 19.9 Å². The van der Waals surface area contributed by atoms with Gasteiger partial charge in [0, 0.05) is 18.0 Å². The number of aliphatic hydroxyl groups is 1. The lowest BCUT2D eigenvalue weighted by atomic mass is 10.2. The molecule has 4 rings (SSSR count). The number of carbonyl (C=O) groups is 1. The highest BCUT2D eigenvalue weighted by atomic mass is 35.5. The number of halogens is 4. The number of alkyl halides is 3. The summed E-state index contributed by atoms with van der Waals surface area (Å²) < 4.78 is 39.1. The lowest BCUT2D eigenvalue weighted by Gasteiger charge is -2.17. The fraction of sp³-hybridized carbons (Fsp3) is 0.200. The van der Waals surface area contributed by atoms with E-state index in [0.29, 0.717) is 22.5 Å². The lowest BCUT2D eigenvalue weighted by molar-refractivity contribution is -0.137. The van der Waals surface area contributed by atoms with Crippen LogP contribution in [-0.4, -0.2) is 41.1 Å². The van der Waals surface area contributed by atoms with Gasteiger partial charge in [-0.15, -0.1) is 11.3 Å². The van der Waals surface area contributed by atoms with Crippen LogP contribution in [0.15, 0.2) is 43.2 Å². The van der Waals surface area contributed by atoms with Crippen molar-refractivity contribution in [1.82, 2.24) is 35.5 Å². The number of aliphatic hydroxyl groups excluding tert-OH is 1. The molecule has 2 atom stereocenters. The first-order valence-corrected chi connectivity index (χ1v) is 11.1. The largest absolute Gasteiger partial charge is 0.418 e. The number of anilines is 1. The molecule has 10 nitrogen and oxygen atoms in total. The number of amides is 1. The van der Waals surface area contributed by atoms with E-state index in [2.05, 4.69) is 40.8 Å². The Bertz CT molecular complexity index is 1330. The first kappa shape index (κ1) is 24.7. The number of aromatic amines is 1. The zero-order chi connectivity index (χ0) is 25.2. The second-order valence-electron chi connectivity index (χ2n) is 7.17. The Balaban J connectivity index is 1.42. The molecule has 0 bridgehead atoms. The normalized spacial score (nSPS) is 13.4. The predicted octanol–water partition coefficient (Wildman–Crippen LogP) is 3.98. The summed E-state index contributed by atoms with van der Waals surface area (Å²) in [6, 6.07) is 1.77. The molecule has 4 aromatic heterocycles. The smallest absolute Gasteiger partial charge is 0.373 e. The standard InChI is InChI=1S/C20H16ClF3N8O2S/c1-9(31-17(33)14-3-13(27-8-28-14)10-4-29-30-5-10)19-26-7-15(35-19)18(34)32-16-2-11(20(22,23)24)12(21)6-25-16/h2-9,17,31,33H,1H3,(H,29,30)(H,25,32,34). The molecular weight excluding hydrogens is 509 g/mol. The average molecular weight is 525 g/mol. The van der Waals surface area contributed by atoms with E-state index in [9.17, 15) is 23.1 Å². The van der Waals surface area contributed by atoms with E-state index in [0.717, 1.165) is 23.1 Å². The molecule has 35 heavy (non-hydrogen) atoms. The number of H-pyrrole nitrogens is 1. The molecule has 0 aliphatic rings. The van der Waals surface area contributed by atoms with Crippen molar-refractivity contribution in [3.05, 3.63) is 69.4 Å². The van der Waals surface area contributed by atoms with Crippen molar-refractivity contribution in [3.63, 3.8) is 0 Å². The molecule has 182 valence electrons. The molecule has 0 fully saturated rings. The quantitative estimate of drug-likeness (QED) is 0.266. The molecule has 4 heterocycles. The minimum absolute atomic E-state index is 0.137. The molecule has 4 N–H and O–H groups in total. The van der Waals surface area contributed by atoms with Gasteiger partial charge >= 0.3 is 6.18 Å². The van der Waals surface area contributed by atoms with Crippen molar-refractivity contribution in [3.8, 4) is 11.3 Å². The highest BCUT2D eigenvalue weighted by Crippen LogP contribution is 2.35. The van der Waals surface area contributed by atoms with Crippen LogP contribution in [-0.2, 0) is 6.18 Å². The number of nitrogens with one attached hydrogen (secondary N) is 3. The number of hydrogen-bond donors (Lipinski definition) is 4. The van der Waals surface area contributed by atoms with Crippen LogP contribution >= 0.6 is 22.9 Å². The molecule has 0 saturated heterocycles. The number of rotatable bonds is 7. The van der Waals surface area contributed by atoms with Crippen molar-refractivity contribution < 1.29 is 23.1 Å². The van der Waals surface area contributed by atoms with Crippen molar-refractivity contribution in [2.75, 3.05) is 5.32 Å². The Morgan fingerprint density at radius 3 is 2.69 bits per heavy atom. The van der Waals surface area contributed by atoms with Gasteiger partial charge in [-0.2, -0.15) is 18.3 Å². The number of aromatic nitrogens is 6. The fourth-order valence-corrected chi connectivity index (χ4v) is 3.99. The van der Waals surface area contributed by atoms with E-state index in [1.54, 1.807) is 25.4 Å². The fourth-order valence-electron chi connectivity index (χ4n) is 2.96. The van der Waals surface area contributed by atoms with Crippen LogP contribution in [0.5, 0.6) is 0 Å². The maximum absolute atomic E-state index is 13.0. The van der Waals surface area contributed by atoms with Crippen LogP contribution in [0.4, 0.5) is 19.0 Å². The van der Waals surface area contributed by atoms with Crippen LogP contribution in [0.3, 0.4) is 0 Å². The molecule has 4 aromatic rings. The Kier molecular flexibility index (Phi) is 7.07. The van der Waals surface area contributed by atoms with Crippen molar-refractivity contribution in [2.24, 2.45) is 0 Å². The number of thiazole rings is 1. The number of hydrogen-bond acceptors (Lipinski definition) is 9. The molecule has 0 spiro atoms. The number of pyridine rings is 1. The first-order chi connectivity index (χ1) is 16.6.